The first kappa shape index (κ1) is 28.6. The number of carbonyl (C=O) groups is 2. The van der Waals surface area contributed by atoms with Crippen LogP contribution in [0.15, 0.2) is 66.2 Å². The number of aliphatic hydroxyl groups excluding tert-OH is 1. The molecule has 4 aromatic rings. The number of carbonyl (C=O) groups excluding carboxylic acids is 2. The van der Waals surface area contributed by atoms with E-state index in [1.165, 1.54) is 40.5 Å². The van der Waals surface area contributed by atoms with E-state index in [1.54, 1.807) is 36.4 Å². The third kappa shape index (κ3) is 5.78. The second kappa shape index (κ2) is 12.3. The van der Waals surface area contributed by atoms with Crippen LogP contribution in [0.1, 0.15) is 50.3 Å². The van der Waals surface area contributed by atoms with Gasteiger partial charge in [0.25, 0.3) is 5.78 Å². The van der Waals surface area contributed by atoms with E-state index in [1.807, 2.05) is 6.92 Å². The first-order valence-electron chi connectivity index (χ1n) is 13.3. The number of ether oxygens (including phenoxy) is 2. The largest absolute Gasteiger partial charge is 0.507 e. The predicted molar refractivity (Wildman–Crippen MR) is 158 cm³/mol. The average Bonchev–Trinajstić information content (AvgIpc) is 3.49. The lowest BCUT2D eigenvalue weighted by Crippen LogP contribution is -2.29. The van der Waals surface area contributed by atoms with Crippen molar-refractivity contribution in [2.24, 2.45) is 0 Å². The Kier molecular flexibility index (Phi) is 8.56. The Hall–Kier alpha value is -3.95. The molecule has 1 aromatic heterocycles. The number of nitrogens with zero attached hydrogens (tertiary/aromatic N) is 2. The summed E-state index contributed by atoms with van der Waals surface area (Å²) in [4.78, 5) is 33.0. The summed E-state index contributed by atoms with van der Waals surface area (Å²) in [5.41, 5.74) is 1.18. The summed E-state index contributed by atoms with van der Waals surface area (Å²) in [6.45, 7) is 4.84. The number of Topliss-reactive ketones (excluding diaryl/α,β-unsaturated/α-hetero) is 1. The number of benzene rings is 3. The number of halogens is 2. The summed E-state index contributed by atoms with van der Waals surface area (Å²) in [5.74, 6) is -1.66. The number of rotatable bonds is 10. The molecule has 10 heteroatoms. The lowest BCUT2D eigenvalue weighted by Gasteiger charge is -2.24. The normalized spacial score (nSPS) is 16.5. The summed E-state index contributed by atoms with van der Waals surface area (Å²) in [7, 11) is 0. The number of unbranched alkanes of at least 4 members (excludes halogenated alkanes) is 2. The standard InChI is InChI=1S/C31H28ClFN2O5S/c1-3-5-6-15-40-23-14-9-19(16-24(23)39-4-2)27-26(28(36)18-7-11-21(33)12-8-18)29(37)30(38)35(27)31-34-22-13-10-20(32)17-25(22)41-31/h7-14,16-17,27,36H,3-6,15H2,1-2H3. The van der Waals surface area contributed by atoms with Gasteiger partial charge in [-0.3, -0.25) is 14.5 Å². The van der Waals surface area contributed by atoms with Gasteiger partial charge in [0.2, 0.25) is 0 Å². The fourth-order valence-electron chi connectivity index (χ4n) is 4.71. The summed E-state index contributed by atoms with van der Waals surface area (Å²) < 4.78 is 26.2. The van der Waals surface area contributed by atoms with Crippen molar-refractivity contribution < 1.29 is 28.6 Å². The fourth-order valence-corrected chi connectivity index (χ4v) is 5.98. The zero-order chi connectivity index (χ0) is 29.1. The lowest BCUT2D eigenvalue weighted by atomic mass is 9.95. The zero-order valence-electron chi connectivity index (χ0n) is 22.5. The van der Waals surface area contributed by atoms with Gasteiger partial charge in [-0.15, -0.1) is 0 Å². The molecule has 0 saturated carbocycles. The quantitative estimate of drug-likeness (QED) is 0.0876. The summed E-state index contributed by atoms with van der Waals surface area (Å²) in [6, 6.07) is 14.4. The van der Waals surface area contributed by atoms with Gasteiger partial charge in [0.15, 0.2) is 16.6 Å². The van der Waals surface area contributed by atoms with Crippen LogP contribution in [-0.4, -0.2) is 35.0 Å². The number of anilines is 1. The molecule has 41 heavy (non-hydrogen) atoms. The molecule has 0 radical (unpaired) electrons. The maximum Gasteiger partial charge on any atom is 0.301 e. The number of ketones is 1. The third-order valence-electron chi connectivity index (χ3n) is 6.70. The van der Waals surface area contributed by atoms with Crippen LogP contribution < -0.4 is 14.4 Å². The Morgan fingerprint density at radius 3 is 2.54 bits per heavy atom. The van der Waals surface area contributed by atoms with E-state index in [0.717, 1.165) is 24.0 Å². The maximum absolute atomic E-state index is 13.6. The number of hydrogen-bond donors (Lipinski definition) is 1. The van der Waals surface area contributed by atoms with Gasteiger partial charge in [-0.1, -0.05) is 48.8 Å². The molecule has 0 bridgehead atoms. The van der Waals surface area contributed by atoms with E-state index >= 15 is 0 Å². The number of hydrogen-bond acceptors (Lipinski definition) is 7. The van der Waals surface area contributed by atoms with Crippen molar-refractivity contribution in [3.05, 3.63) is 88.2 Å². The molecule has 0 spiro atoms. The van der Waals surface area contributed by atoms with Gasteiger partial charge in [-0.05, 0) is 73.5 Å². The van der Waals surface area contributed by atoms with Gasteiger partial charge in [0.1, 0.15) is 11.6 Å². The van der Waals surface area contributed by atoms with E-state index in [2.05, 4.69) is 11.9 Å². The van der Waals surface area contributed by atoms with Crippen LogP contribution in [0.4, 0.5) is 9.52 Å². The van der Waals surface area contributed by atoms with Crippen molar-refractivity contribution in [2.75, 3.05) is 18.1 Å². The molecule has 2 heterocycles. The Labute approximate surface area is 245 Å². The molecule has 5 rings (SSSR count). The second-order valence-electron chi connectivity index (χ2n) is 9.48. The molecule has 1 amide bonds. The van der Waals surface area contributed by atoms with E-state index in [-0.39, 0.29) is 16.3 Å². The molecule has 7 nitrogen and oxygen atoms in total. The van der Waals surface area contributed by atoms with Crippen molar-refractivity contribution in [1.82, 2.24) is 4.98 Å². The SMILES string of the molecule is CCCCCOc1ccc(C2C(=C(O)c3ccc(F)cc3)C(=O)C(=O)N2c2nc3ccc(Cl)cc3s2)cc1OCC. The van der Waals surface area contributed by atoms with Crippen molar-refractivity contribution in [3.63, 3.8) is 0 Å². The number of aliphatic hydroxyl groups is 1. The molecular formula is C31H28ClFN2O5S. The third-order valence-corrected chi connectivity index (χ3v) is 7.95. The molecule has 1 saturated heterocycles. The monoisotopic (exact) mass is 594 g/mol. The minimum Gasteiger partial charge on any atom is -0.507 e. The van der Waals surface area contributed by atoms with Crippen LogP contribution in [0, 0.1) is 5.82 Å². The average molecular weight is 595 g/mol. The van der Waals surface area contributed by atoms with Crippen molar-refractivity contribution in [2.45, 2.75) is 39.2 Å². The first-order chi connectivity index (χ1) is 19.8. The molecule has 1 N–H and O–H groups in total. The highest BCUT2D eigenvalue weighted by Crippen LogP contribution is 2.46. The smallest absolute Gasteiger partial charge is 0.301 e. The van der Waals surface area contributed by atoms with E-state index in [4.69, 9.17) is 21.1 Å². The van der Waals surface area contributed by atoms with E-state index in [0.29, 0.717) is 40.8 Å². The number of thiazole rings is 1. The lowest BCUT2D eigenvalue weighted by molar-refractivity contribution is -0.132. The second-order valence-corrected chi connectivity index (χ2v) is 10.9. The minimum atomic E-state index is -1.04. The van der Waals surface area contributed by atoms with Crippen LogP contribution in [0.2, 0.25) is 5.02 Å². The topological polar surface area (TPSA) is 89.0 Å². The Bertz CT molecular complexity index is 1640. The highest BCUT2D eigenvalue weighted by molar-refractivity contribution is 7.22. The molecule has 1 aliphatic heterocycles. The fraction of sp³-hybridized carbons (Fsp3) is 0.258. The van der Waals surface area contributed by atoms with Crippen molar-refractivity contribution >= 4 is 55.7 Å². The van der Waals surface area contributed by atoms with Gasteiger partial charge in [0, 0.05) is 10.6 Å². The van der Waals surface area contributed by atoms with Gasteiger partial charge in [-0.2, -0.15) is 0 Å². The van der Waals surface area contributed by atoms with Crippen molar-refractivity contribution in [1.29, 1.82) is 0 Å². The minimum absolute atomic E-state index is 0.141. The Balaban J connectivity index is 1.66. The Morgan fingerprint density at radius 1 is 1.02 bits per heavy atom. The predicted octanol–water partition coefficient (Wildman–Crippen LogP) is 7.68. The number of fused-ring (bicyclic) bond motifs is 1. The molecule has 1 atom stereocenters. The molecular weight excluding hydrogens is 567 g/mol. The van der Waals surface area contributed by atoms with Gasteiger partial charge in [-0.25, -0.2) is 9.37 Å². The summed E-state index contributed by atoms with van der Waals surface area (Å²) in [5, 5.41) is 12.1. The first-order valence-corrected chi connectivity index (χ1v) is 14.5. The number of amides is 1. The van der Waals surface area contributed by atoms with Gasteiger partial charge >= 0.3 is 5.91 Å². The highest BCUT2D eigenvalue weighted by Gasteiger charge is 2.48. The van der Waals surface area contributed by atoms with Crippen molar-refractivity contribution in [3.8, 4) is 11.5 Å². The summed E-state index contributed by atoms with van der Waals surface area (Å²) in [6.07, 6.45) is 2.99. The van der Waals surface area contributed by atoms with Gasteiger partial charge < -0.3 is 14.6 Å². The molecule has 3 aromatic carbocycles. The number of aromatic nitrogens is 1. The van der Waals surface area contributed by atoms with E-state index in [9.17, 15) is 19.1 Å². The van der Waals surface area contributed by atoms with Crippen LogP contribution in [0.3, 0.4) is 0 Å². The molecule has 1 unspecified atom stereocenters. The van der Waals surface area contributed by atoms with Crippen LogP contribution in [0.25, 0.3) is 16.0 Å². The molecule has 212 valence electrons. The molecule has 0 aliphatic carbocycles. The molecule has 1 aliphatic rings. The Morgan fingerprint density at radius 2 is 1.80 bits per heavy atom. The molecule has 1 fully saturated rings. The highest BCUT2D eigenvalue weighted by atomic mass is 35.5. The van der Waals surface area contributed by atoms with Crippen LogP contribution in [0.5, 0.6) is 11.5 Å². The van der Waals surface area contributed by atoms with Crippen LogP contribution >= 0.6 is 22.9 Å². The summed E-state index contributed by atoms with van der Waals surface area (Å²) >= 11 is 7.38. The van der Waals surface area contributed by atoms with Crippen LogP contribution in [-0.2, 0) is 9.59 Å². The van der Waals surface area contributed by atoms with E-state index < -0.39 is 29.3 Å². The van der Waals surface area contributed by atoms with Gasteiger partial charge in [0.05, 0.1) is 35.0 Å². The maximum atomic E-state index is 13.6. The zero-order valence-corrected chi connectivity index (χ0v) is 24.1.